The van der Waals surface area contributed by atoms with Crippen LogP contribution < -0.4 is 0 Å². The van der Waals surface area contributed by atoms with Crippen molar-refractivity contribution in [1.82, 2.24) is 0 Å². The van der Waals surface area contributed by atoms with Crippen LogP contribution in [-0.4, -0.2) is 96.7 Å². The first-order valence-corrected chi connectivity index (χ1v) is 37.7. The topological polar surface area (TPSA) is 237 Å². The number of hydrogen-bond donors (Lipinski definition) is 3. The van der Waals surface area contributed by atoms with Crippen LogP contribution in [0.3, 0.4) is 0 Å². The highest BCUT2D eigenvalue weighted by molar-refractivity contribution is 7.47. The highest BCUT2D eigenvalue weighted by Gasteiger charge is 2.30. The van der Waals surface area contributed by atoms with Gasteiger partial charge in [0, 0.05) is 25.7 Å². The number of carbonyl (C=O) groups is 4. The molecular weight excluding hydrogens is 1140 g/mol. The Kier molecular flexibility index (Phi) is 55.7. The molecule has 3 N–H and O–H groups in total. The van der Waals surface area contributed by atoms with Crippen molar-refractivity contribution >= 4 is 39.5 Å². The maximum atomic E-state index is 13.0. The first kappa shape index (κ1) is 84.1. The molecule has 510 valence electrons. The lowest BCUT2D eigenvalue weighted by Gasteiger charge is -2.21. The van der Waals surface area contributed by atoms with Crippen LogP contribution in [0.2, 0.25) is 0 Å². The van der Waals surface area contributed by atoms with E-state index in [0.717, 1.165) is 115 Å². The summed E-state index contributed by atoms with van der Waals surface area (Å²) in [7, 11) is -9.90. The van der Waals surface area contributed by atoms with Gasteiger partial charge in [-0.25, -0.2) is 9.13 Å². The fraction of sp³-hybridized carbons (Fsp3) is 0.940. The van der Waals surface area contributed by atoms with Gasteiger partial charge in [0.05, 0.1) is 26.4 Å². The fourth-order valence-corrected chi connectivity index (χ4v) is 11.5. The summed E-state index contributed by atoms with van der Waals surface area (Å²) < 4.78 is 68.1. The van der Waals surface area contributed by atoms with Crippen molar-refractivity contribution in [3.63, 3.8) is 0 Å². The minimum Gasteiger partial charge on any atom is -0.462 e. The molecule has 0 aliphatic rings. The third-order valence-corrected chi connectivity index (χ3v) is 17.6. The Morgan fingerprint density at radius 2 is 0.558 bits per heavy atom. The van der Waals surface area contributed by atoms with Gasteiger partial charge in [-0.1, -0.05) is 274 Å². The van der Waals surface area contributed by atoms with E-state index in [1.165, 1.54) is 116 Å². The highest BCUT2D eigenvalue weighted by atomic mass is 31.2. The number of aliphatic hydroxyl groups excluding tert-OH is 1. The number of unbranched alkanes of at least 4 members (excludes halogenated alkanes) is 29. The lowest BCUT2D eigenvalue weighted by atomic mass is 9.99. The number of rotatable bonds is 64. The maximum absolute atomic E-state index is 13.0. The molecule has 0 aliphatic carbocycles. The Hall–Kier alpha value is -1.94. The number of ether oxygens (including phenoxy) is 4. The molecule has 0 aromatic carbocycles. The van der Waals surface area contributed by atoms with Gasteiger partial charge in [-0.2, -0.15) is 0 Å². The molecule has 6 atom stereocenters. The van der Waals surface area contributed by atoms with Crippen molar-refractivity contribution in [2.24, 2.45) is 23.7 Å². The van der Waals surface area contributed by atoms with Gasteiger partial charge in [-0.05, 0) is 49.4 Å². The van der Waals surface area contributed by atoms with E-state index in [1.807, 2.05) is 0 Å². The molecule has 0 aromatic rings. The summed E-state index contributed by atoms with van der Waals surface area (Å²) in [5, 5.41) is 10.6. The average molecular weight is 1270 g/mol. The summed E-state index contributed by atoms with van der Waals surface area (Å²) >= 11 is 0. The van der Waals surface area contributed by atoms with Crippen LogP contribution in [0.15, 0.2) is 0 Å². The third-order valence-electron chi connectivity index (χ3n) is 15.7. The molecule has 0 amide bonds. The molecule has 0 aliphatic heterocycles. The Bertz CT molecular complexity index is 1720. The van der Waals surface area contributed by atoms with Crippen LogP contribution in [-0.2, 0) is 65.4 Å². The lowest BCUT2D eigenvalue weighted by Crippen LogP contribution is -2.30. The van der Waals surface area contributed by atoms with Crippen molar-refractivity contribution in [2.45, 2.75) is 343 Å². The van der Waals surface area contributed by atoms with E-state index in [4.69, 9.17) is 37.0 Å². The summed E-state index contributed by atoms with van der Waals surface area (Å²) in [4.78, 5) is 72.3. The molecule has 0 fully saturated rings. The minimum atomic E-state index is -4.95. The largest absolute Gasteiger partial charge is 0.472 e. The van der Waals surface area contributed by atoms with Crippen molar-refractivity contribution in [1.29, 1.82) is 0 Å². The third kappa shape index (κ3) is 59.7. The van der Waals surface area contributed by atoms with Gasteiger partial charge in [0.25, 0.3) is 0 Å². The quantitative estimate of drug-likeness (QED) is 0.0222. The highest BCUT2D eigenvalue weighted by Crippen LogP contribution is 2.45. The molecule has 0 aromatic heterocycles. The zero-order chi connectivity index (χ0) is 63.9. The van der Waals surface area contributed by atoms with Crippen molar-refractivity contribution < 1.29 is 80.2 Å². The van der Waals surface area contributed by atoms with E-state index in [2.05, 4.69) is 55.4 Å². The molecular formula is C67H130O17P2. The van der Waals surface area contributed by atoms with Gasteiger partial charge in [-0.15, -0.1) is 0 Å². The fourth-order valence-electron chi connectivity index (χ4n) is 9.93. The maximum Gasteiger partial charge on any atom is 0.472 e. The van der Waals surface area contributed by atoms with Crippen molar-refractivity contribution in [2.75, 3.05) is 39.6 Å². The van der Waals surface area contributed by atoms with Crippen LogP contribution >= 0.6 is 15.6 Å². The molecule has 0 radical (unpaired) electrons. The first-order valence-electron chi connectivity index (χ1n) is 34.7. The number of phosphoric acid groups is 2. The van der Waals surface area contributed by atoms with Crippen LogP contribution in [0.4, 0.5) is 0 Å². The summed E-state index contributed by atoms with van der Waals surface area (Å²) in [5.41, 5.74) is 0. The molecule has 0 heterocycles. The number of phosphoric ester groups is 2. The van der Waals surface area contributed by atoms with Gasteiger partial charge in [0.1, 0.15) is 19.3 Å². The first-order chi connectivity index (χ1) is 41.1. The van der Waals surface area contributed by atoms with Gasteiger partial charge in [0.2, 0.25) is 0 Å². The van der Waals surface area contributed by atoms with E-state index in [-0.39, 0.29) is 25.7 Å². The Balaban J connectivity index is 5.24. The number of aliphatic hydroxyl groups is 1. The van der Waals surface area contributed by atoms with Gasteiger partial charge < -0.3 is 33.8 Å². The summed E-state index contributed by atoms with van der Waals surface area (Å²) in [6, 6.07) is 0. The molecule has 86 heavy (non-hydrogen) atoms. The van der Waals surface area contributed by atoms with Gasteiger partial charge in [0.15, 0.2) is 12.2 Å². The van der Waals surface area contributed by atoms with Crippen LogP contribution in [0.25, 0.3) is 0 Å². The molecule has 0 bridgehead atoms. The summed E-state index contributed by atoms with van der Waals surface area (Å²) in [6.07, 6.45) is 37.8. The van der Waals surface area contributed by atoms with E-state index in [9.17, 15) is 43.2 Å². The molecule has 0 spiro atoms. The zero-order valence-electron chi connectivity index (χ0n) is 55.9. The summed E-state index contributed by atoms with van der Waals surface area (Å²) in [6.45, 7) is 14.0. The van der Waals surface area contributed by atoms with Crippen LogP contribution in [0, 0.1) is 23.7 Å². The van der Waals surface area contributed by atoms with E-state index in [0.29, 0.717) is 37.5 Å². The molecule has 17 nitrogen and oxygen atoms in total. The second-order valence-electron chi connectivity index (χ2n) is 25.9. The number of carbonyl (C=O) groups excluding carboxylic acids is 4. The SMILES string of the molecule is CCC(C)CCCCCCCCCCCCC(=O)O[C@H](COC(=O)CCCCCCCCC(C)C)COP(=O)(O)OC[C@@H](O)COP(=O)(O)OC[C@@H](COC(=O)CCCCCCCCC(C)C)OC(=O)CCCCCCCCCCCCCC(C)C. The number of hydrogen-bond acceptors (Lipinski definition) is 15. The van der Waals surface area contributed by atoms with E-state index in [1.54, 1.807) is 0 Å². The summed E-state index contributed by atoms with van der Waals surface area (Å²) in [5.74, 6) is 0.790. The van der Waals surface area contributed by atoms with Crippen LogP contribution in [0.5, 0.6) is 0 Å². The Morgan fingerprint density at radius 3 is 0.826 bits per heavy atom. The number of esters is 4. The normalized spacial score (nSPS) is 14.7. The molecule has 19 heteroatoms. The molecule has 0 saturated carbocycles. The Morgan fingerprint density at radius 1 is 0.326 bits per heavy atom. The second kappa shape index (κ2) is 57.0. The predicted molar refractivity (Wildman–Crippen MR) is 344 cm³/mol. The molecule has 3 unspecified atom stereocenters. The molecule has 0 saturated heterocycles. The standard InChI is InChI=1S/C67H130O17P2/c1-9-60(8)46-38-30-20-16-13-14-18-22-34-42-50-67(72)84-63(54-78-65(70)48-40-32-26-24-29-37-45-59(6)7)56-82-86(75,76)80-52-61(68)51-79-85(73,74)81-55-62(53-77-64(69)47-39-31-25-23-28-36-44-58(4)5)83-66(71)49-41-33-21-17-12-10-11-15-19-27-35-43-57(2)3/h57-63,68H,9-56H2,1-8H3,(H,73,74)(H,75,76)/t60?,61-,62+,63+/m0/s1. The van der Waals surface area contributed by atoms with Crippen LogP contribution in [0.1, 0.15) is 325 Å². The van der Waals surface area contributed by atoms with Crippen molar-refractivity contribution in [3.05, 3.63) is 0 Å². The molecule has 0 rings (SSSR count). The van der Waals surface area contributed by atoms with E-state index >= 15 is 0 Å². The van der Waals surface area contributed by atoms with Crippen molar-refractivity contribution in [3.8, 4) is 0 Å². The van der Waals surface area contributed by atoms with E-state index < -0.39 is 97.5 Å². The predicted octanol–water partition coefficient (Wildman–Crippen LogP) is 18.5. The average Bonchev–Trinajstić information content (AvgIpc) is 3.57. The monoisotopic (exact) mass is 1270 g/mol. The van der Waals surface area contributed by atoms with Gasteiger partial charge >= 0.3 is 39.5 Å². The Labute approximate surface area is 524 Å². The lowest BCUT2D eigenvalue weighted by molar-refractivity contribution is -0.161. The van der Waals surface area contributed by atoms with Gasteiger partial charge in [-0.3, -0.25) is 37.3 Å². The minimum absolute atomic E-state index is 0.104. The smallest absolute Gasteiger partial charge is 0.462 e. The zero-order valence-corrected chi connectivity index (χ0v) is 57.7. The second-order valence-corrected chi connectivity index (χ2v) is 28.8.